The highest BCUT2D eigenvalue weighted by Gasteiger charge is 2.22. The lowest BCUT2D eigenvalue weighted by molar-refractivity contribution is 0.669. The Hall–Kier alpha value is -9.24. The molecule has 0 aliphatic heterocycles. The first-order valence-electron chi connectivity index (χ1n) is 24.2. The number of fused-ring (bicyclic) bond motifs is 15. The molecule has 0 atom stereocenters. The Morgan fingerprint density at radius 2 is 0.800 bits per heavy atom. The molecular formula is C68H39NO. The van der Waals surface area contributed by atoms with Crippen LogP contribution in [0.2, 0.25) is 0 Å². The normalized spacial score (nSPS) is 12.3. The summed E-state index contributed by atoms with van der Waals surface area (Å²) in [6.45, 7) is 0. The van der Waals surface area contributed by atoms with Crippen molar-refractivity contribution in [3.05, 3.63) is 237 Å². The number of aromatic nitrogens is 1. The van der Waals surface area contributed by atoms with Crippen LogP contribution in [0.15, 0.2) is 241 Å². The van der Waals surface area contributed by atoms with Crippen molar-refractivity contribution in [2.45, 2.75) is 0 Å². The van der Waals surface area contributed by atoms with E-state index in [-0.39, 0.29) is 0 Å². The minimum atomic E-state index is 0.895. The molecule has 2 heterocycles. The van der Waals surface area contributed by atoms with E-state index < -0.39 is 0 Å². The molecule has 0 saturated carbocycles. The zero-order chi connectivity index (χ0) is 45.6. The van der Waals surface area contributed by atoms with Gasteiger partial charge in [0, 0.05) is 38.0 Å². The maximum absolute atomic E-state index is 6.53. The molecule has 0 bridgehead atoms. The zero-order valence-corrected chi connectivity index (χ0v) is 37.9. The third-order valence-corrected chi connectivity index (χ3v) is 15.5. The fraction of sp³-hybridized carbons (Fsp3) is 0. The summed E-state index contributed by atoms with van der Waals surface area (Å²) < 4.78 is 9.04. The Balaban J connectivity index is 0.887. The highest BCUT2D eigenvalue weighted by atomic mass is 16.3. The second-order valence-electron chi connectivity index (χ2n) is 19.1. The lowest BCUT2D eigenvalue weighted by Crippen LogP contribution is -1.95. The highest BCUT2D eigenvalue weighted by Crippen LogP contribution is 2.47. The molecule has 0 aliphatic carbocycles. The van der Waals surface area contributed by atoms with Gasteiger partial charge in [-0.2, -0.15) is 0 Å². The van der Waals surface area contributed by atoms with Crippen molar-refractivity contribution in [2.24, 2.45) is 0 Å². The predicted octanol–water partition coefficient (Wildman–Crippen LogP) is 19.2. The third kappa shape index (κ3) is 5.28. The van der Waals surface area contributed by atoms with Gasteiger partial charge in [-0.3, -0.25) is 0 Å². The van der Waals surface area contributed by atoms with Crippen molar-refractivity contribution >= 4 is 119 Å². The molecule has 0 amide bonds. The fourth-order valence-corrected chi connectivity index (χ4v) is 12.3. The molecule has 0 saturated heterocycles. The number of hydrogen-bond donors (Lipinski definition) is 0. The molecule has 0 N–H and O–H groups in total. The predicted molar refractivity (Wildman–Crippen MR) is 298 cm³/mol. The molecule has 2 aromatic heterocycles. The van der Waals surface area contributed by atoms with Crippen LogP contribution in [0.4, 0.5) is 0 Å². The highest BCUT2D eigenvalue weighted by molar-refractivity contribution is 6.37. The minimum absolute atomic E-state index is 0.895. The molecule has 0 fully saturated rings. The van der Waals surface area contributed by atoms with Crippen molar-refractivity contribution in [1.29, 1.82) is 0 Å². The van der Waals surface area contributed by atoms with Gasteiger partial charge in [0.05, 0.1) is 11.0 Å². The van der Waals surface area contributed by atoms with Gasteiger partial charge in [0.2, 0.25) is 0 Å². The number of hydrogen-bond acceptors (Lipinski definition) is 1. The second kappa shape index (κ2) is 14.1. The maximum Gasteiger partial charge on any atom is 0.135 e. The minimum Gasteiger partial charge on any atom is -0.456 e. The number of nitrogens with zero attached hydrogens (tertiary/aromatic N) is 1. The van der Waals surface area contributed by atoms with Crippen LogP contribution >= 0.6 is 0 Å². The molecular weight excluding hydrogens is 847 g/mol. The summed E-state index contributed by atoms with van der Waals surface area (Å²) in [5.74, 6) is 0. The van der Waals surface area contributed by atoms with E-state index in [4.69, 9.17) is 4.42 Å². The summed E-state index contributed by atoms with van der Waals surface area (Å²) in [5.41, 5.74) is 12.6. The average molecular weight is 886 g/mol. The summed E-state index contributed by atoms with van der Waals surface area (Å²) in [4.78, 5) is 0. The van der Waals surface area contributed by atoms with E-state index in [2.05, 4.69) is 241 Å². The van der Waals surface area contributed by atoms with Gasteiger partial charge in [-0.25, -0.2) is 0 Å². The van der Waals surface area contributed by atoms with E-state index >= 15 is 0 Å². The largest absolute Gasteiger partial charge is 0.456 e. The van der Waals surface area contributed by atoms with E-state index in [9.17, 15) is 0 Å². The summed E-state index contributed by atoms with van der Waals surface area (Å²) in [6, 6.07) is 87.6. The van der Waals surface area contributed by atoms with Crippen LogP contribution < -0.4 is 0 Å². The van der Waals surface area contributed by atoms with Crippen molar-refractivity contribution in [3.8, 4) is 39.1 Å². The van der Waals surface area contributed by atoms with E-state index in [1.54, 1.807) is 0 Å². The van der Waals surface area contributed by atoms with Crippen LogP contribution in [0.1, 0.15) is 0 Å². The molecule has 0 aliphatic rings. The Morgan fingerprint density at radius 1 is 0.257 bits per heavy atom. The Kier molecular flexibility index (Phi) is 7.64. The first kappa shape index (κ1) is 37.8. The van der Waals surface area contributed by atoms with Crippen molar-refractivity contribution in [1.82, 2.24) is 4.57 Å². The summed E-state index contributed by atoms with van der Waals surface area (Å²) >= 11 is 0. The standard InChI is InChI=1S/C68H39NO/c1-2-10-40(11-3-1)45-15-9-16-49(36-45)69-61-33-32-56-53-29-25-46(37-58(53)52-18-6-7-19-54(52)66(56)67(61)57-31-22-41-12-4-5-17-51(41)68(57)69)47-26-34-62-59(38-47)60-39-48(27-35-63(60)70-62)50-28-23-44-21-20-42-13-8-14-43-24-30-55(50)65(44)64(42)43/h1-39H. The van der Waals surface area contributed by atoms with Gasteiger partial charge in [0.25, 0.3) is 0 Å². The van der Waals surface area contributed by atoms with Crippen LogP contribution in [0.5, 0.6) is 0 Å². The van der Waals surface area contributed by atoms with Gasteiger partial charge in [0.15, 0.2) is 0 Å². The Morgan fingerprint density at radius 3 is 1.64 bits per heavy atom. The molecule has 70 heavy (non-hydrogen) atoms. The van der Waals surface area contributed by atoms with Crippen molar-refractivity contribution in [2.75, 3.05) is 0 Å². The lowest BCUT2D eigenvalue weighted by Gasteiger charge is -2.14. The Labute approximate surface area is 401 Å². The first-order chi connectivity index (χ1) is 34.7. The monoisotopic (exact) mass is 885 g/mol. The maximum atomic E-state index is 6.53. The summed E-state index contributed by atoms with van der Waals surface area (Å²) in [5, 5.41) is 22.6. The number of furan rings is 1. The summed E-state index contributed by atoms with van der Waals surface area (Å²) in [6.07, 6.45) is 0. The number of benzene rings is 14. The zero-order valence-electron chi connectivity index (χ0n) is 37.9. The van der Waals surface area contributed by atoms with Crippen LogP contribution in [0.25, 0.3) is 158 Å². The van der Waals surface area contributed by atoms with Crippen molar-refractivity contribution in [3.63, 3.8) is 0 Å². The molecule has 2 heteroatoms. The quantitative estimate of drug-likeness (QED) is 0.161. The van der Waals surface area contributed by atoms with E-state index in [1.807, 2.05) is 0 Å². The van der Waals surface area contributed by atoms with Crippen LogP contribution in [0.3, 0.4) is 0 Å². The van der Waals surface area contributed by atoms with Gasteiger partial charge in [-0.05, 0) is 147 Å². The van der Waals surface area contributed by atoms with Gasteiger partial charge in [-0.1, -0.05) is 188 Å². The molecule has 0 spiro atoms. The van der Waals surface area contributed by atoms with Gasteiger partial charge < -0.3 is 8.98 Å². The third-order valence-electron chi connectivity index (χ3n) is 15.5. The SMILES string of the molecule is c1ccc(-c2cccc(-n3c4ccc5c6ccc(-c7ccc8oc9ccc(-c%10ccc%11ccc%12cccc%13ccc%10c%11c%12%13)cc9c8c7)cc6c6ccccc6c5c4c4ccc5ccccc5c43)c2)cc1. The molecule has 322 valence electrons. The summed E-state index contributed by atoms with van der Waals surface area (Å²) in [7, 11) is 0. The van der Waals surface area contributed by atoms with E-state index in [0.717, 1.165) is 33.2 Å². The molecule has 16 aromatic rings. The van der Waals surface area contributed by atoms with Crippen LogP contribution in [-0.2, 0) is 0 Å². The molecule has 16 rings (SSSR count). The molecule has 14 aromatic carbocycles. The topological polar surface area (TPSA) is 18.1 Å². The van der Waals surface area contributed by atoms with Gasteiger partial charge in [-0.15, -0.1) is 0 Å². The first-order valence-corrected chi connectivity index (χ1v) is 24.2. The Bertz CT molecular complexity index is 4840. The average Bonchev–Trinajstić information content (AvgIpc) is 3.98. The van der Waals surface area contributed by atoms with Gasteiger partial charge in [0.1, 0.15) is 11.2 Å². The molecule has 0 unspecified atom stereocenters. The van der Waals surface area contributed by atoms with E-state index in [1.165, 1.54) is 125 Å². The van der Waals surface area contributed by atoms with Crippen LogP contribution in [0, 0.1) is 0 Å². The second-order valence-corrected chi connectivity index (χ2v) is 19.1. The van der Waals surface area contributed by atoms with Crippen LogP contribution in [-0.4, -0.2) is 4.57 Å². The van der Waals surface area contributed by atoms with E-state index in [0.29, 0.717) is 0 Å². The molecule has 2 nitrogen and oxygen atoms in total. The van der Waals surface area contributed by atoms with Crippen molar-refractivity contribution < 1.29 is 4.42 Å². The lowest BCUT2D eigenvalue weighted by atomic mass is 9.89. The molecule has 0 radical (unpaired) electrons. The van der Waals surface area contributed by atoms with Gasteiger partial charge >= 0.3 is 0 Å². The number of rotatable bonds is 4. The smallest absolute Gasteiger partial charge is 0.135 e. The fourth-order valence-electron chi connectivity index (χ4n) is 12.3.